The van der Waals surface area contributed by atoms with Crippen molar-refractivity contribution in [2.45, 2.75) is 45.1 Å². The van der Waals surface area contributed by atoms with Gasteiger partial charge in [0, 0.05) is 5.92 Å². The van der Waals surface area contributed by atoms with Crippen LogP contribution in [-0.2, 0) is 9.59 Å². The third-order valence-electron chi connectivity index (χ3n) is 8.35. The highest BCUT2D eigenvalue weighted by molar-refractivity contribution is 6.22. The van der Waals surface area contributed by atoms with Crippen molar-refractivity contribution in [2.24, 2.45) is 17.8 Å². The van der Waals surface area contributed by atoms with Crippen molar-refractivity contribution in [1.29, 1.82) is 0 Å². The molecular formula is C35H37NO5. The van der Waals surface area contributed by atoms with Gasteiger partial charge in [0.15, 0.2) is 0 Å². The summed E-state index contributed by atoms with van der Waals surface area (Å²) in [6.07, 6.45) is 4.02. The number of para-hydroxylation sites is 1. The maximum absolute atomic E-state index is 13.7. The Morgan fingerprint density at radius 2 is 1.68 bits per heavy atom. The van der Waals surface area contributed by atoms with Gasteiger partial charge in [-0.15, -0.1) is 0 Å². The van der Waals surface area contributed by atoms with Crippen LogP contribution in [0, 0.1) is 17.8 Å². The highest BCUT2D eigenvalue weighted by Gasteiger charge is 2.55. The summed E-state index contributed by atoms with van der Waals surface area (Å²) in [6, 6.07) is 25.9. The summed E-state index contributed by atoms with van der Waals surface area (Å²) in [5.74, 6) is -2.21. The summed E-state index contributed by atoms with van der Waals surface area (Å²) in [5, 5.41) is 32.3. The van der Waals surface area contributed by atoms with Crippen LogP contribution < -0.4 is 4.90 Å². The summed E-state index contributed by atoms with van der Waals surface area (Å²) in [4.78, 5) is 28.5. The number of amides is 2. The number of fused-ring (bicyclic) bond motifs is 1. The lowest BCUT2D eigenvalue weighted by molar-refractivity contribution is -0.123. The normalized spacial score (nSPS) is 21.8. The average molecular weight is 552 g/mol. The second-order valence-electron chi connectivity index (χ2n) is 11.0. The first-order valence-electron chi connectivity index (χ1n) is 14.4. The van der Waals surface area contributed by atoms with Crippen LogP contribution in [0.1, 0.15) is 50.2 Å². The topological polar surface area (TPSA) is 98.1 Å². The molecule has 0 bridgehead atoms. The zero-order chi connectivity index (χ0) is 28.9. The molecule has 1 aliphatic carbocycles. The molecule has 1 fully saturated rings. The minimum absolute atomic E-state index is 0.184. The van der Waals surface area contributed by atoms with Crippen LogP contribution in [0.4, 0.5) is 5.69 Å². The third kappa shape index (κ3) is 5.90. The number of allylic oxidation sites excluding steroid dienone is 2. The van der Waals surface area contributed by atoms with Crippen molar-refractivity contribution in [2.75, 3.05) is 11.5 Å². The quantitative estimate of drug-likeness (QED) is 0.163. The Morgan fingerprint density at radius 3 is 2.34 bits per heavy atom. The molecule has 2 amide bonds. The van der Waals surface area contributed by atoms with E-state index in [9.17, 15) is 24.9 Å². The van der Waals surface area contributed by atoms with Crippen LogP contribution in [-0.4, -0.2) is 39.8 Å². The van der Waals surface area contributed by atoms with Gasteiger partial charge in [-0.2, -0.15) is 0 Å². The van der Waals surface area contributed by atoms with Gasteiger partial charge in [-0.3, -0.25) is 14.5 Å². The first-order valence-corrected chi connectivity index (χ1v) is 14.4. The number of phenols is 1. The molecule has 3 aromatic carbocycles. The zero-order valence-electron chi connectivity index (χ0n) is 23.3. The number of aliphatic hydroxyl groups is 2. The number of anilines is 1. The van der Waals surface area contributed by atoms with Gasteiger partial charge >= 0.3 is 0 Å². The van der Waals surface area contributed by atoms with E-state index < -0.39 is 23.9 Å². The molecule has 0 radical (unpaired) electrons. The molecule has 41 heavy (non-hydrogen) atoms. The molecule has 1 heterocycles. The molecule has 0 spiro atoms. The van der Waals surface area contributed by atoms with E-state index in [1.165, 1.54) is 4.90 Å². The van der Waals surface area contributed by atoms with E-state index in [1.807, 2.05) is 48.5 Å². The SMILES string of the molecule is CCCC1=C([C@H](O)CC/C(=C/c2cccc(O)c2)c2ccccc2)[C@H](CO)[C@@H]2C(=O)N(c3ccccc3)C(=O)[C@@H]2C1. The van der Waals surface area contributed by atoms with Crippen LogP contribution in [0.3, 0.4) is 0 Å². The van der Waals surface area contributed by atoms with Crippen molar-refractivity contribution in [1.82, 2.24) is 0 Å². The Bertz CT molecular complexity index is 1450. The van der Waals surface area contributed by atoms with E-state index in [-0.39, 0.29) is 24.2 Å². The van der Waals surface area contributed by atoms with Gasteiger partial charge in [0.1, 0.15) is 5.75 Å². The Balaban J connectivity index is 1.44. The second kappa shape index (κ2) is 12.7. The average Bonchev–Trinajstić information content (AvgIpc) is 3.24. The monoisotopic (exact) mass is 551 g/mol. The number of rotatable bonds is 10. The maximum Gasteiger partial charge on any atom is 0.238 e. The highest BCUT2D eigenvalue weighted by atomic mass is 16.3. The molecule has 6 nitrogen and oxygen atoms in total. The van der Waals surface area contributed by atoms with Crippen LogP contribution in [0.2, 0.25) is 0 Å². The predicted molar refractivity (Wildman–Crippen MR) is 161 cm³/mol. The number of hydrogen-bond donors (Lipinski definition) is 3. The minimum Gasteiger partial charge on any atom is -0.508 e. The van der Waals surface area contributed by atoms with Crippen LogP contribution in [0.5, 0.6) is 5.75 Å². The number of aliphatic hydroxyl groups excluding tert-OH is 2. The molecule has 0 aromatic heterocycles. The van der Waals surface area contributed by atoms with Gasteiger partial charge < -0.3 is 15.3 Å². The lowest BCUT2D eigenvalue weighted by atomic mass is 9.67. The minimum atomic E-state index is -0.875. The number of benzene rings is 3. The van der Waals surface area contributed by atoms with Crippen molar-refractivity contribution < 1.29 is 24.9 Å². The van der Waals surface area contributed by atoms with Gasteiger partial charge in [-0.25, -0.2) is 0 Å². The molecule has 4 atom stereocenters. The Hall–Kier alpha value is -4.00. The van der Waals surface area contributed by atoms with Crippen molar-refractivity contribution in [3.05, 3.63) is 107 Å². The third-order valence-corrected chi connectivity index (χ3v) is 8.35. The molecule has 6 heteroatoms. The molecule has 0 saturated carbocycles. The van der Waals surface area contributed by atoms with E-state index in [0.29, 0.717) is 31.4 Å². The lowest BCUT2D eigenvalue weighted by Gasteiger charge is -2.36. The number of hydrogen-bond acceptors (Lipinski definition) is 5. The molecule has 3 aromatic rings. The maximum atomic E-state index is 13.7. The van der Waals surface area contributed by atoms with Crippen LogP contribution in [0.25, 0.3) is 11.6 Å². The van der Waals surface area contributed by atoms with E-state index in [0.717, 1.165) is 34.3 Å². The largest absolute Gasteiger partial charge is 0.508 e. The van der Waals surface area contributed by atoms with E-state index in [1.54, 1.807) is 42.5 Å². The Morgan fingerprint density at radius 1 is 0.976 bits per heavy atom. The van der Waals surface area contributed by atoms with Gasteiger partial charge in [0.05, 0.1) is 30.2 Å². The van der Waals surface area contributed by atoms with Crippen LogP contribution >= 0.6 is 0 Å². The van der Waals surface area contributed by atoms with E-state index in [2.05, 4.69) is 6.92 Å². The van der Waals surface area contributed by atoms with Gasteiger partial charge in [-0.1, -0.05) is 85.7 Å². The van der Waals surface area contributed by atoms with E-state index >= 15 is 0 Å². The van der Waals surface area contributed by atoms with Gasteiger partial charge in [0.2, 0.25) is 11.8 Å². The number of phenolic OH excluding ortho intramolecular Hbond substituents is 1. The summed E-state index contributed by atoms with van der Waals surface area (Å²) < 4.78 is 0. The zero-order valence-corrected chi connectivity index (χ0v) is 23.3. The first-order chi connectivity index (χ1) is 19.9. The molecule has 3 N–H and O–H groups in total. The summed E-state index contributed by atoms with van der Waals surface area (Å²) in [6.45, 7) is 1.74. The Kier molecular flexibility index (Phi) is 8.81. The number of imide groups is 1. The highest BCUT2D eigenvalue weighted by Crippen LogP contribution is 2.48. The molecule has 0 unspecified atom stereocenters. The Labute approximate surface area is 241 Å². The number of aromatic hydroxyl groups is 1. The number of carbonyl (C=O) groups excluding carboxylic acids is 2. The van der Waals surface area contributed by atoms with Crippen molar-refractivity contribution >= 4 is 29.2 Å². The number of carbonyl (C=O) groups is 2. The first kappa shape index (κ1) is 28.5. The molecular weight excluding hydrogens is 514 g/mol. The fraction of sp³-hybridized carbons (Fsp3) is 0.314. The smallest absolute Gasteiger partial charge is 0.238 e. The summed E-state index contributed by atoms with van der Waals surface area (Å²) in [7, 11) is 0. The lowest BCUT2D eigenvalue weighted by Crippen LogP contribution is -2.39. The fourth-order valence-corrected chi connectivity index (χ4v) is 6.54. The van der Waals surface area contributed by atoms with Gasteiger partial charge in [0.25, 0.3) is 0 Å². The summed E-state index contributed by atoms with van der Waals surface area (Å²) >= 11 is 0. The standard InChI is InChI=1S/C35H37NO5/c1-2-10-26-21-29-33(35(41)36(34(29)40)27-14-7-4-8-15-27)30(22-37)32(26)31(39)18-17-25(24-12-5-3-6-13-24)19-23-11-9-16-28(38)20-23/h3-9,11-16,19-20,29-31,33,37-39H,2,10,17-18,21-22H2,1H3/b25-19-/t29-,30+,31-,33-/m1/s1. The fourth-order valence-electron chi connectivity index (χ4n) is 6.54. The molecule has 1 aliphatic heterocycles. The van der Waals surface area contributed by atoms with Crippen molar-refractivity contribution in [3.63, 3.8) is 0 Å². The molecule has 1 saturated heterocycles. The molecule has 2 aliphatic rings. The second-order valence-corrected chi connectivity index (χ2v) is 11.0. The van der Waals surface area contributed by atoms with E-state index in [4.69, 9.17) is 0 Å². The summed E-state index contributed by atoms with van der Waals surface area (Å²) in [5.41, 5.74) is 5.12. The van der Waals surface area contributed by atoms with Crippen LogP contribution in [0.15, 0.2) is 96.1 Å². The van der Waals surface area contributed by atoms with Crippen molar-refractivity contribution in [3.8, 4) is 5.75 Å². The molecule has 212 valence electrons. The predicted octanol–water partition coefficient (Wildman–Crippen LogP) is 5.99. The molecule has 5 rings (SSSR count). The number of nitrogens with zero attached hydrogens (tertiary/aromatic N) is 1. The van der Waals surface area contributed by atoms with Gasteiger partial charge in [-0.05, 0) is 72.2 Å².